The first-order valence-corrected chi connectivity index (χ1v) is 7.79. The molecule has 112 valence electrons. The van der Waals surface area contributed by atoms with Crippen molar-refractivity contribution in [1.82, 2.24) is 0 Å². The Labute approximate surface area is 133 Å². The van der Waals surface area contributed by atoms with Crippen molar-refractivity contribution in [2.75, 3.05) is 0 Å². The molecule has 0 aliphatic heterocycles. The van der Waals surface area contributed by atoms with E-state index in [1.165, 1.54) is 6.07 Å². The number of hydrogen-bond acceptors (Lipinski definition) is 2. The maximum atomic E-state index is 14.0. The van der Waals surface area contributed by atoms with Crippen molar-refractivity contribution >= 4 is 15.9 Å². The van der Waals surface area contributed by atoms with Gasteiger partial charge in [-0.05, 0) is 48.2 Å². The highest BCUT2D eigenvalue weighted by atomic mass is 79.9. The molecule has 0 fully saturated rings. The summed E-state index contributed by atoms with van der Waals surface area (Å²) in [7, 11) is 0. The molecule has 0 aromatic heterocycles. The molecule has 2 N–H and O–H groups in total. The van der Waals surface area contributed by atoms with E-state index < -0.39 is 0 Å². The molecule has 0 amide bonds. The van der Waals surface area contributed by atoms with E-state index in [1.54, 1.807) is 6.07 Å². The molecule has 0 aliphatic carbocycles. The van der Waals surface area contributed by atoms with Crippen LogP contribution in [0.15, 0.2) is 46.9 Å². The van der Waals surface area contributed by atoms with Gasteiger partial charge >= 0.3 is 0 Å². The number of rotatable bonds is 6. The van der Waals surface area contributed by atoms with Crippen LogP contribution >= 0.6 is 15.9 Å². The molecule has 4 heteroatoms. The summed E-state index contributed by atoms with van der Waals surface area (Å²) in [5.41, 5.74) is 7.78. The second-order valence-electron chi connectivity index (χ2n) is 5.05. The molecule has 2 aromatic carbocycles. The molecular formula is C17H19BrFNO. The molecule has 0 radical (unpaired) electrons. The van der Waals surface area contributed by atoms with Gasteiger partial charge in [0.25, 0.3) is 0 Å². The van der Waals surface area contributed by atoms with Crippen LogP contribution in [-0.4, -0.2) is 6.04 Å². The Hall–Kier alpha value is -1.39. The summed E-state index contributed by atoms with van der Waals surface area (Å²) in [5.74, 6) is -0.0698. The van der Waals surface area contributed by atoms with E-state index in [1.807, 2.05) is 37.3 Å². The number of ether oxygens (including phenoxy) is 1. The zero-order valence-corrected chi connectivity index (χ0v) is 13.6. The molecule has 0 saturated heterocycles. The van der Waals surface area contributed by atoms with Crippen LogP contribution in [0.5, 0.6) is 5.75 Å². The molecule has 1 unspecified atom stereocenters. The molecule has 2 rings (SSSR count). The smallest absolute Gasteiger partial charge is 0.165 e. The highest BCUT2D eigenvalue weighted by molar-refractivity contribution is 9.10. The summed E-state index contributed by atoms with van der Waals surface area (Å²) in [4.78, 5) is 0. The van der Waals surface area contributed by atoms with Gasteiger partial charge in [-0.25, -0.2) is 4.39 Å². The Morgan fingerprint density at radius 1 is 1.14 bits per heavy atom. The monoisotopic (exact) mass is 351 g/mol. The Morgan fingerprint density at radius 2 is 1.81 bits per heavy atom. The van der Waals surface area contributed by atoms with Crippen molar-refractivity contribution in [2.24, 2.45) is 5.73 Å². The van der Waals surface area contributed by atoms with Crippen molar-refractivity contribution in [3.63, 3.8) is 0 Å². The van der Waals surface area contributed by atoms with Gasteiger partial charge < -0.3 is 10.5 Å². The largest absolute Gasteiger partial charge is 0.486 e. The van der Waals surface area contributed by atoms with Gasteiger partial charge in [-0.15, -0.1) is 0 Å². The fraction of sp³-hybridized carbons (Fsp3) is 0.294. The van der Waals surface area contributed by atoms with E-state index in [2.05, 4.69) is 15.9 Å². The molecule has 2 aromatic rings. The summed E-state index contributed by atoms with van der Waals surface area (Å²) in [6.07, 6.45) is 1.56. The highest BCUT2D eigenvalue weighted by Gasteiger charge is 2.07. The Bertz CT molecular complexity index is 586. The van der Waals surface area contributed by atoms with E-state index >= 15 is 0 Å². The van der Waals surface area contributed by atoms with Gasteiger partial charge in [0.05, 0.1) is 0 Å². The predicted octanol–water partition coefficient (Wildman–Crippen LogP) is 4.45. The standard InChI is InChI=1S/C17H19BrFNO/c1-2-15(20)9-13-5-8-17(16(19)10-13)21-11-12-3-6-14(18)7-4-12/h3-8,10,15H,2,9,11,20H2,1H3. The summed E-state index contributed by atoms with van der Waals surface area (Å²) >= 11 is 3.38. The lowest BCUT2D eigenvalue weighted by molar-refractivity contribution is 0.290. The third-order valence-corrected chi connectivity index (χ3v) is 3.85. The third-order valence-electron chi connectivity index (χ3n) is 3.33. The molecule has 2 nitrogen and oxygen atoms in total. The van der Waals surface area contributed by atoms with Crippen molar-refractivity contribution in [3.8, 4) is 5.75 Å². The average molecular weight is 352 g/mol. The van der Waals surface area contributed by atoms with Gasteiger partial charge in [0.1, 0.15) is 6.61 Å². The Morgan fingerprint density at radius 3 is 2.43 bits per heavy atom. The normalized spacial score (nSPS) is 12.2. The summed E-state index contributed by atoms with van der Waals surface area (Å²) in [6, 6.07) is 12.9. The first-order valence-electron chi connectivity index (χ1n) is 6.99. The van der Waals surface area contributed by atoms with Crippen LogP contribution in [-0.2, 0) is 13.0 Å². The second kappa shape index (κ2) is 7.57. The quantitative estimate of drug-likeness (QED) is 0.834. The van der Waals surface area contributed by atoms with Gasteiger partial charge in [0.15, 0.2) is 11.6 Å². The van der Waals surface area contributed by atoms with Gasteiger partial charge in [0.2, 0.25) is 0 Å². The van der Waals surface area contributed by atoms with E-state index in [9.17, 15) is 4.39 Å². The van der Waals surface area contributed by atoms with Crippen molar-refractivity contribution < 1.29 is 9.13 Å². The van der Waals surface area contributed by atoms with E-state index in [4.69, 9.17) is 10.5 Å². The number of benzene rings is 2. The topological polar surface area (TPSA) is 35.2 Å². The predicted molar refractivity (Wildman–Crippen MR) is 86.8 cm³/mol. The lowest BCUT2D eigenvalue weighted by atomic mass is 10.0. The Kier molecular flexibility index (Phi) is 5.76. The maximum Gasteiger partial charge on any atom is 0.165 e. The van der Waals surface area contributed by atoms with Crippen LogP contribution in [0.3, 0.4) is 0 Å². The zero-order chi connectivity index (χ0) is 15.2. The fourth-order valence-electron chi connectivity index (χ4n) is 1.98. The number of hydrogen-bond donors (Lipinski definition) is 1. The fourth-order valence-corrected chi connectivity index (χ4v) is 2.24. The molecule has 0 heterocycles. The Balaban J connectivity index is 1.99. The first-order chi connectivity index (χ1) is 10.1. The molecule has 21 heavy (non-hydrogen) atoms. The van der Waals surface area contributed by atoms with Crippen molar-refractivity contribution in [1.29, 1.82) is 0 Å². The molecule has 0 spiro atoms. The maximum absolute atomic E-state index is 14.0. The molecule has 1 atom stereocenters. The molecule has 0 bridgehead atoms. The van der Waals surface area contributed by atoms with E-state index in [0.717, 1.165) is 22.0 Å². The summed E-state index contributed by atoms with van der Waals surface area (Å²) < 4.78 is 20.5. The first kappa shape index (κ1) is 16.0. The molecular weight excluding hydrogens is 333 g/mol. The lowest BCUT2D eigenvalue weighted by Gasteiger charge is -2.11. The van der Waals surface area contributed by atoms with Gasteiger partial charge in [0, 0.05) is 10.5 Å². The highest BCUT2D eigenvalue weighted by Crippen LogP contribution is 2.21. The SMILES string of the molecule is CCC(N)Cc1ccc(OCc2ccc(Br)cc2)c(F)c1. The summed E-state index contributed by atoms with van der Waals surface area (Å²) in [6.45, 7) is 2.37. The van der Waals surface area contributed by atoms with Crippen molar-refractivity contribution in [3.05, 3.63) is 63.9 Å². The van der Waals surface area contributed by atoms with Crippen LogP contribution in [0.4, 0.5) is 4.39 Å². The van der Waals surface area contributed by atoms with Crippen LogP contribution < -0.4 is 10.5 Å². The minimum absolute atomic E-state index is 0.0685. The van der Waals surface area contributed by atoms with Gasteiger partial charge in [-0.1, -0.05) is 41.1 Å². The average Bonchev–Trinajstić information content (AvgIpc) is 2.48. The lowest BCUT2D eigenvalue weighted by Crippen LogP contribution is -2.21. The van der Waals surface area contributed by atoms with Crippen molar-refractivity contribution in [2.45, 2.75) is 32.4 Å². The van der Waals surface area contributed by atoms with Crippen LogP contribution in [0, 0.1) is 5.82 Å². The van der Waals surface area contributed by atoms with E-state index in [0.29, 0.717) is 13.0 Å². The van der Waals surface area contributed by atoms with Gasteiger partial charge in [-0.3, -0.25) is 0 Å². The minimum Gasteiger partial charge on any atom is -0.486 e. The number of nitrogens with two attached hydrogens (primary N) is 1. The second-order valence-corrected chi connectivity index (χ2v) is 5.97. The van der Waals surface area contributed by atoms with E-state index in [-0.39, 0.29) is 17.6 Å². The molecule has 0 saturated carbocycles. The zero-order valence-electron chi connectivity index (χ0n) is 12.0. The van der Waals surface area contributed by atoms with Crippen LogP contribution in [0.1, 0.15) is 24.5 Å². The summed E-state index contributed by atoms with van der Waals surface area (Å²) in [5, 5.41) is 0. The van der Waals surface area contributed by atoms with Gasteiger partial charge in [-0.2, -0.15) is 0 Å². The van der Waals surface area contributed by atoms with Crippen LogP contribution in [0.2, 0.25) is 0 Å². The third kappa shape index (κ3) is 4.83. The minimum atomic E-state index is -0.340. The number of halogens is 2. The van der Waals surface area contributed by atoms with Crippen LogP contribution in [0.25, 0.3) is 0 Å². The molecule has 0 aliphatic rings.